The van der Waals surface area contributed by atoms with Crippen LogP contribution in [0.1, 0.15) is 30.9 Å². The van der Waals surface area contributed by atoms with Crippen LogP contribution in [0.2, 0.25) is 0 Å². The molecule has 1 saturated heterocycles. The molecule has 2 aliphatic rings. The van der Waals surface area contributed by atoms with Crippen molar-refractivity contribution in [3.63, 3.8) is 0 Å². The first-order chi connectivity index (χ1) is 10.3. The molecule has 1 N–H and O–H groups in total. The zero-order valence-electron chi connectivity index (χ0n) is 13.4. The van der Waals surface area contributed by atoms with Gasteiger partial charge >= 0.3 is 0 Å². The maximum absolute atomic E-state index is 5.58. The Hall–Kier alpha value is -1.06. The van der Waals surface area contributed by atoms with E-state index in [9.17, 15) is 0 Å². The summed E-state index contributed by atoms with van der Waals surface area (Å²) in [5.74, 6) is 1.90. The van der Waals surface area contributed by atoms with Crippen molar-refractivity contribution in [2.75, 3.05) is 33.3 Å². The van der Waals surface area contributed by atoms with E-state index in [1.54, 1.807) is 0 Å². The van der Waals surface area contributed by atoms with Crippen molar-refractivity contribution in [2.24, 2.45) is 5.92 Å². The van der Waals surface area contributed by atoms with Gasteiger partial charge in [0.1, 0.15) is 5.75 Å². The van der Waals surface area contributed by atoms with Crippen molar-refractivity contribution in [3.8, 4) is 5.75 Å². The van der Waals surface area contributed by atoms with Crippen LogP contribution in [0, 0.1) is 5.92 Å². The fourth-order valence-electron chi connectivity index (χ4n) is 3.62. The van der Waals surface area contributed by atoms with Gasteiger partial charge in [-0.05, 0) is 62.9 Å². The third kappa shape index (κ3) is 3.58. The average molecular weight is 288 g/mol. The average Bonchev–Trinajstić information content (AvgIpc) is 3.00. The Labute approximate surface area is 128 Å². The topological polar surface area (TPSA) is 24.5 Å². The molecule has 3 nitrogen and oxygen atoms in total. The lowest BCUT2D eigenvalue weighted by Crippen LogP contribution is -2.44. The van der Waals surface area contributed by atoms with E-state index in [-0.39, 0.29) is 0 Å². The smallest absolute Gasteiger partial charge is 0.122 e. The molecule has 1 aromatic carbocycles. The molecule has 0 amide bonds. The normalized spacial score (nSPS) is 23.6. The lowest BCUT2D eigenvalue weighted by atomic mass is 9.91. The Bertz CT molecular complexity index is 474. The number of hydrogen-bond acceptors (Lipinski definition) is 3. The number of hydrogen-bond donors (Lipinski definition) is 1. The van der Waals surface area contributed by atoms with E-state index in [1.165, 1.54) is 43.6 Å². The van der Waals surface area contributed by atoms with Gasteiger partial charge in [-0.2, -0.15) is 0 Å². The lowest BCUT2D eigenvalue weighted by Gasteiger charge is -2.35. The van der Waals surface area contributed by atoms with Crippen LogP contribution in [-0.2, 0) is 12.8 Å². The molecule has 0 saturated carbocycles. The van der Waals surface area contributed by atoms with Gasteiger partial charge in [0, 0.05) is 25.6 Å². The molecule has 3 heteroatoms. The number of likely N-dealkylation sites (tertiary alicyclic amines) is 1. The van der Waals surface area contributed by atoms with Crippen LogP contribution in [0.15, 0.2) is 18.2 Å². The molecule has 116 valence electrons. The molecule has 0 spiro atoms. The Morgan fingerprint density at radius 3 is 3.19 bits per heavy atom. The van der Waals surface area contributed by atoms with Crippen LogP contribution in [-0.4, -0.2) is 44.2 Å². The monoisotopic (exact) mass is 288 g/mol. The summed E-state index contributed by atoms with van der Waals surface area (Å²) in [6.07, 6.45) is 4.95. The van der Waals surface area contributed by atoms with E-state index >= 15 is 0 Å². The molecule has 2 heterocycles. The van der Waals surface area contributed by atoms with E-state index in [0.717, 1.165) is 31.1 Å². The van der Waals surface area contributed by atoms with Gasteiger partial charge in [0.15, 0.2) is 0 Å². The third-order valence-corrected chi connectivity index (χ3v) is 5.17. The number of fused-ring (bicyclic) bond motifs is 1. The van der Waals surface area contributed by atoms with Gasteiger partial charge in [-0.3, -0.25) is 0 Å². The summed E-state index contributed by atoms with van der Waals surface area (Å²) < 4.78 is 5.58. The Morgan fingerprint density at radius 2 is 2.33 bits per heavy atom. The van der Waals surface area contributed by atoms with E-state index < -0.39 is 0 Å². The molecular weight excluding hydrogens is 260 g/mol. The van der Waals surface area contributed by atoms with Crippen molar-refractivity contribution in [2.45, 2.75) is 38.6 Å². The van der Waals surface area contributed by atoms with Crippen molar-refractivity contribution >= 4 is 0 Å². The molecule has 2 unspecified atom stereocenters. The molecule has 1 aromatic rings. The molecule has 0 bridgehead atoms. The van der Waals surface area contributed by atoms with Crippen LogP contribution in [0.25, 0.3) is 0 Å². The van der Waals surface area contributed by atoms with Crippen LogP contribution >= 0.6 is 0 Å². The van der Waals surface area contributed by atoms with Crippen LogP contribution < -0.4 is 10.1 Å². The number of nitrogens with zero attached hydrogens (tertiary/aromatic N) is 1. The summed E-state index contributed by atoms with van der Waals surface area (Å²) in [4.78, 5) is 2.64. The molecule has 0 aliphatic carbocycles. The zero-order chi connectivity index (χ0) is 14.7. The highest BCUT2D eigenvalue weighted by molar-refractivity contribution is 5.39. The first kappa shape index (κ1) is 14.9. The number of piperidine rings is 1. The molecular formula is C18H28N2O. The second kappa shape index (κ2) is 6.80. The highest BCUT2D eigenvalue weighted by Gasteiger charge is 2.23. The van der Waals surface area contributed by atoms with Gasteiger partial charge < -0.3 is 15.0 Å². The van der Waals surface area contributed by atoms with E-state index in [2.05, 4.69) is 42.4 Å². The summed E-state index contributed by atoms with van der Waals surface area (Å²) in [7, 11) is 2.08. The van der Waals surface area contributed by atoms with Crippen molar-refractivity contribution in [3.05, 3.63) is 29.3 Å². The zero-order valence-corrected chi connectivity index (χ0v) is 13.4. The number of rotatable bonds is 5. The van der Waals surface area contributed by atoms with Gasteiger partial charge in [0.25, 0.3) is 0 Å². The van der Waals surface area contributed by atoms with E-state index in [1.807, 2.05) is 0 Å². The van der Waals surface area contributed by atoms with Gasteiger partial charge in [-0.15, -0.1) is 0 Å². The largest absolute Gasteiger partial charge is 0.493 e. The van der Waals surface area contributed by atoms with Crippen molar-refractivity contribution < 1.29 is 4.74 Å². The minimum absolute atomic E-state index is 0.630. The summed E-state index contributed by atoms with van der Waals surface area (Å²) in [5, 5.41) is 3.42. The fraction of sp³-hybridized carbons (Fsp3) is 0.667. The predicted molar refractivity (Wildman–Crippen MR) is 87.0 cm³/mol. The van der Waals surface area contributed by atoms with Crippen molar-refractivity contribution in [1.82, 2.24) is 10.2 Å². The molecule has 0 aromatic heterocycles. The number of ether oxygens (including phenoxy) is 1. The van der Waals surface area contributed by atoms with Crippen LogP contribution in [0.4, 0.5) is 0 Å². The summed E-state index contributed by atoms with van der Waals surface area (Å²) in [6.45, 7) is 6.87. The number of nitrogens with one attached hydrogen (secondary N) is 1. The van der Waals surface area contributed by atoms with Gasteiger partial charge in [0.2, 0.25) is 0 Å². The molecule has 2 aliphatic heterocycles. The van der Waals surface area contributed by atoms with E-state index in [0.29, 0.717) is 6.04 Å². The van der Waals surface area contributed by atoms with E-state index in [4.69, 9.17) is 4.74 Å². The third-order valence-electron chi connectivity index (χ3n) is 5.17. The second-order valence-corrected chi connectivity index (χ2v) is 6.57. The SMILES string of the molecule is CNC(C)C1CCCN(CCc2ccc3c(c2)CCO3)C1. The first-order valence-electron chi connectivity index (χ1n) is 8.40. The minimum Gasteiger partial charge on any atom is -0.493 e. The standard InChI is InChI=1S/C18H28N2O/c1-14(19-2)17-4-3-9-20(13-17)10-7-15-5-6-18-16(12-15)8-11-21-18/h5-6,12,14,17,19H,3-4,7-11,13H2,1-2H3. The molecule has 0 radical (unpaired) electrons. The fourth-order valence-corrected chi connectivity index (χ4v) is 3.62. The lowest BCUT2D eigenvalue weighted by molar-refractivity contribution is 0.155. The predicted octanol–water partition coefficient (Wildman–Crippen LogP) is 2.48. The quantitative estimate of drug-likeness (QED) is 0.901. The van der Waals surface area contributed by atoms with Crippen molar-refractivity contribution in [1.29, 1.82) is 0 Å². The van der Waals surface area contributed by atoms with Gasteiger partial charge in [-0.25, -0.2) is 0 Å². The Kier molecular flexibility index (Phi) is 4.81. The first-order valence-corrected chi connectivity index (χ1v) is 8.40. The highest BCUT2D eigenvalue weighted by Crippen LogP contribution is 2.26. The van der Waals surface area contributed by atoms with Crippen LogP contribution in [0.3, 0.4) is 0 Å². The molecule has 21 heavy (non-hydrogen) atoms. The Balaban J connectivity index is 1.52. The summed E-state index contributed by atoms with van der Waals surface area (Å²) in [5.41, 5.74) is 2.86. The van der Waals surface area contributed by atoms with Crippen LogP contribution in [0.5, 0.6) is 5.75 Å². The maximum Gasteiger partial charge on any atom is 0.122 e. The molecule has 1 fully saturated rings. The second-order valence-electron chi connectivity index (χ2n) is 6.57. The number of benzene rings is 1. The van der Waals surface area contributed by atoms with Gasteiger partial charge in [0.05, 0.1) is 6.61 Å². The maximum atomic E-state index is 5.58. The Morgan fingerprint density at radius 1 is 1.43 bits per heavy atom. The minimum atomic E-state index is 0.630. The van der Waals surface area contributed by atoms with Gasteiger partial charge in [-0.1, -0.05) is 12.1 Å². The summed E-state index contributed by atoms with van der Waals surface area (Å²) in [6, 6.07) is 7.37. The highest BCUT2D eigenvalue weighted by atomic mass is 16.5. The molecule has 2 atom stereocenters. The molecule has 3 rings (SSSR count). The summed E-state index contributed by atoms with van der Waals surface area (Å²) >= 11 is 0.